The van der Waals surface area contributed by atoms with E-state index in [0.29, 0.717) is 10.7 Å². The summed E-state index contributed by atoms with van der Waals surface area (Å²) >= 11 is 5.76. The fraction of sp³-hybridized carbons (Fsp3) is 0. The minimum Gasteiger partial charge on any atom is -0.295 e. The molecule has 5 heteroatoms. The van der Waals surface area contributed by atoms with E-state index in [0.717, 1.165) is 0 Å². The Morgan fingerprint density at radius 1 is 1.46 bits per heavy atom. The molecular formula is C8H6ClN3O. The first-order chi connectivity index (χ1) is 6.27. The molecule has 0 unspecified atom stereocenters. The second-order valence-electron chi connectivity index (χ2n) is 2.49. The zero-order valence-corrected chi connectivity index (χ0v) is 7.32. The van der Waals surface area contributed by atoms with Crippen LogP contribution in [0.1, 0.15) is 0 Å². The number of hydrogen-bond acceptors (Lipinski definition) is 2. The van der Waals surface area contributed by atoms with Crippen molar-refractivity contribution in [2.24, 2.45) is 0 Å². The molecule has 0 radical (unpaired) electrons. The van der Waals surface area contributed by atoms with E-state index in [1.165, 1.54) is 11.0 Å². The number of benzene rings is 1. The van der Waals surface area contributed by atoms with Crippen molar-refractivity contribution in [3.05, 3.63) is 46.1 Å². The summed E-state index contributed by atoms with van der Waals surface area (Å²) in [5.41, 5.74) is 0.376. The third-order valence-corrected chi connectivity index (χ3v) is 1.84. The van der Waals surface area contributed by atoms with Crippen molar-refractivity contribution in [3.8, 4) is 5.69 Å². The molecule has 0 aliphatic carbocycles. The van der Waals surface area contributed by atoms with Crippen LogP contribution in [0, 0.1) is 0 Å². The normalized spacial score (nSPS) is 10.2. The third-order valence-electron chi connectivity index (χ3n) is 1.61. The van der Waals surface area contributed by atoms with Gasteiger partial charge in [0.05, 0.1) is 5.69 Å². The van der Waals surface area contributed by atoms with Gasteiger partial charge in [0.25, 0.3) is 0 Å². The van der Waals surface area contributed by atoms with E-state index in [2.05, 4.69) is 10.1 Å². The van der Waals surface area contributed by atoms with Gasteiger partial charge in [0.1, 0.15) is 6.33 Å². The van der Waals surface area contributed by atoms with Crippen LogP contribution in [0.25, 0.3) is 5.69 Å². The van der Waals surface area contributed by atoms with Gasteiger partial charge in [-0.3, -0.25) is 4.98 Å². The smallest absolute Gasteiger partial charge is 0.295 e. The van der Waals surface area contributed by atoms with Crippen LogP contribution in [-0.2, 0) is 0 Å². The van der Waals surface area contributed by atoms with Crippen LogP contribution in [0.5, 0.6) is 0 Å². The maximum atomic E-state index is 11.1. The van der Waals surface area contributed by atoms with Gasteiger partial charge in [0.2, 0.25) is 0 Å². The fourth-order valence-electron chi connectivity index (χ4n) is 1.05. The lowest BCUT2D eigenvalue weighted by molar-refractivity contribution is 0.843. The highest BCUT2D eigenvalue weighted by atomic mass is 35.5. The fourth-order valence-corrected chi connectivity index (χ4v) is 1.23. The molecular weight excluding hydrogens is 190 g/mol. The number of H-pyrrole nitrogens is 1. The summed E-state index contributed by atoms with van der Waals surface area (Å²) in [6, 6.07) is 6.93. The van der Waals surface area contributed by atoms with Crippen molar-refractivity contribution >= 4 is 11.6 Å². The van der Waals surface area contributed by atoms with Crippen molar-refractivity contribution in [2.45, 2.75) is 0 Å². The Balaban J connectivity index is 2.59. The quantitative estimate of drug-likeness (QED) is 0.744. The molecule has 0 aliphatic heterocycles. The summed E-state index contributed by atoms with van der Waals surface area (Å²) < 4.78 is 1.24. The van der Waals surface area contributed by atoms with Gasteiger partial charge < -0.3 is 0 Å². The number of aromatic nitrogens is 3. The van der Waals surface area contributed by atoms with Crippen LogP contribution in [0.3, 0.4) is 0 Å². The molecule has 1 aromatic heterocycles. The Bertz CT molecular complexity index is 474. The van der Waals surface area contributed by atoms with Gasteiger partial charge in [0, 0.05) is 5.02 Å². The molecule has 0 fully saturated rings. The minimum atomic E-state index is -0.276. The number of halogens is 1. The Morgan fingerprint density at radius 3 is 2.92 bits per heavy atom. The minimum absolute atomic E-state index is 0.276. The largest absolute Gasteiger partial charge is 0.347 e. The first kappa shape index (κ1) is 8.07. The lowest BCUT2D eigenvalue weighted by Gasteiger charge is -1.98. The maximum absolute atomic E-state index is 11.1. The van der Waals surface area contributed by atoms with Gasteiger partial charge in [-0.05, 0) is 18.2 Å². The summed E-state index contributed by atoms with van der Waals surface area (Å²) in [5.74, 6) is 0. The molecule has 0 aliphatic rings. The molecule has 2 aromatic rings. The first-order valence-electron chi connectivity index (χ1n) is 3.66. The number of aromatic amines is 1. The Morgan fingerprint density at radius 2 is 2.31 bits per heavy atom. The second-order valence-corrected chi connectivity index (χ2v) is 2.92. The second kappa shape index (κ2) is 3.06. The van der Waals surface area contributed by atoms with Gasteiger partial charge in [0.15, 0.2) is 0 Å². The summed E-state index contributed by atoms with van der Waals surface area (Å²) in [5, 5.41) is 4.39. The van der Waals surface area contributed by atoms with Crippen LogP contribution in [0.2, 0.25) is 5.02 Å². The van der Waals surface area contributed by atoms with E-state index in [4.69, 9.17) is 11.6 Å². The summed E-state index contributed by atoms with van der Waals surface area (Å²) in [6.07, 6.45) is 1.34. The van der Waals surface area contributed by atoms with Crippen LogP contribution in [0.15, 0.2) is 35.4 Å². The standard InChI is InChI=1S/C8H6ClN3O/c9-6-2-1-3-7(4-6)12-8(13)10-5-11-12/h1-5H,(H,10,11,13). The van der Waals surface area contributed by atoms with Crippen LogP contribution in [0.4, 0.5) is 0 Å². The van der Waals surface area contributed by atoms with E-state index in [9.17, 15) is 4.79 Å². The number of nitrogens with one attached hydrogen (secondary N) is 1. The molecule has 0 saturated heterocycles. The monoisotopic (exact) mass is 195 g/mol. The summed E-state index contributed by atoms with van der Waals surface area (Å²) in [6.45, 7) is 0. The van der Waals surface area contributed by atoms with E-state index in [-0.39, 0.29) is 5.69 Å². The molecule has 1 N–H and O–H groups in total. The molecule has 66 valence electrons. The SMILES string of the molecule is O=c1[nH]cnn1-c1cccc(Cl)c1. The highest BCUT2D eigenvalue weighted by Crippen LogP contribution is 2.11. The average molecular weight is 196 g/mol. The molecule has 2 rings (SSSR count). The highest BCUT2D eigenvalue weighted by Gasteiger charge is 2.00. The molecule has 1 aromatic carbocycles. The number of nitrogens with zero attached hydrogens (tertiary/aromatic N) is 2. The molecule has 13 heavy (non-hydrogen) atoms. The van der Waals surface area contributed by atoms with E-state index >= 15 is 0 Å². The van der Waals surface area contributed by atoms with Crippen LogP contribution in [-0.4, -0.2) is 14.8 Å². The molecule has 0 amide bonds. The number of rotatable bonds is 1. The predicted molar refractivity (Wildman–Crippen MR) is 49.2 cm³/mol. The lowest BCUT2D eigenvalue weighted by Crippen LogP contribution is -2.15. The van der Waals surface area contributed by atoms with Crippen molar-refractivity contribution in [1.82, 2.24) is 14.8 Å². The molecule has 0 saturated carbocycles. The Labute approximate surface area is 78.8 Å². The first-order valence-corrected chi connectivity index (χ1v) is 4.04. The van der Waals surface area contributed by atoms with Crippen molar-refractivity contribution in [1.29, 1.82) is 0 Å². The zero-order chi connectivity index (χ0) is 9.26. The highest BCUT2D eigenvalue weighted by molar-refractivity contribution is 6.30. The van der Waals surface area contributed by atoms with Gasteiger partial charge in [-0.15, -0.1) is 0 Å². The van der Waals surface area contributed by atoms with Gasteiger partial charge >= 0.3 is 5.69 Å². The van der Waals surface area contributed by atoms with Crippen LogP contribution >= 0.6 is 11.6 Å². The Hall–Kier alpha value is -1.55. The predicted octanol–water partition coefficient (Wildman–Crippen LogP) is 1.21. The van der Waals surface area contributed by atoms with E-state index in [1.807, 2.05) is 0 Å². The molecule has 1 heterocycles. The average Bonchev–Trinajstić information content (AvgIpc) is 2.51. The van der Waals surface area contributed by atoms with Gasteiger partial charge in [-0.25, -0.2) is 4.79 Å². The van der Waals surface area contributed by atoms with Crippen molar-refractivity contribution in [3.63, 3.8) is 0 Å². The maximum Gasteiger partial charge on any atom is 0.347 e. The number of hydrogen-bond donors (Lipinski definition) is 1. The summed E-state index contributed by atoms with van der Waals surface area (Å²) in [7, 11) is 0. The lowest BCUT2D eigenvalue weighted by atomic mass is 10.3. The zero-order valence-electron chi connectivity index (χ0n) is 6.57. The van der Waals surface area contributed by atoms with Gasteiger partial charge in [-0.2, -0.15) is 9.78 Å². The Kier molecular flexibility index (Phi) is 1.90. The van der Waals surface area contributed by atoms with E-state index < -0.39 is 0 Å². The van der Waals surface area contributed by atoms with Gasteiger partial charge in [-0.1, -0.05) is 17.7 Å². The molecule has 0 spiro atoms. The topological polar surface area (TPSA) is 50.7 Å². The molecule has 0 bridgehead atoms. The molecule has 0 atom stereocenters. The van der Waals surface area contributed by atoms with Crippen molar-refractivity contribution in [2.75, 3.05) is 0 Å². The van der Waals surface area contributed by atoms with E-state index in [1.54, 1.807) is 24.3 Å². The van der Waals surface area contributed by atoms with Crippen LogP contribution < -0.4 is 5.69 Å². The summed E-state index contributed by atoms with van der Waals surface area (Å²) in [4.78, 5) is 13.6. The third kappa shape index (κ3) is 1.48. The molecule has 4 nitrogen and oxygen atoms in total. The van der Waals surface area contributed by atoms with Crippen molar-refractivity contribution < 1.29 is 0 Å².